The first-order valence-electron chi connectivity index (χ1n) is 5.08. The van der Waals surface area contributed by atoms with E-state index in [4.69, 9.17) is 5.73 Å². The Morgan fingerprint density at radius 2 is 1.67 bits per heavy atom. The fourth-order valence-electron chi connectivity index (χ4n) is 2.50. The van der Waals surface area contributed by atoms with Crippen molar-refractivity contribution < 1.29 is 8.78 Å². The number of nitrogens with two attached hydrogens (primary N) is 1. The maximum absolute atomic E-state index is 13.1. The minimum absolute atomic E-state index is 0.0436. The molecular formula is C12H15F2N. The summed E-state index contributed by atoms with van der Waals surface area (Å²) in [6.45, 7) is 4.58. The van der Waals surface area contributed by atoms with E-state index in [1.165, 1.54) is 12.1 Å². The molecule has 82 valence electrons. The van der Waals surface area contributed by atoms with Gasteiger partial charge in [-0.2, -0.15) is 0 Å². The van der Waals surface area contributed by atoms with Crippen molar-refractivity contribution in [3.05, 3.63) is 35.4 Å². The van der Waals surface area contributed by atoms with Gasteiger partial charge in [-0.1, -0.05) is 13.8 Å². The zero-order valence-electron chi connectivity index (χ0n) is 8.98. The summed E-state index contributed by atoms with van der Waals surface area (Å²) in [5.74, 6) is -1.05. The van der Waals surface area contributed by atoms with Gasteiger partial charge in [0.05, 0.1) is 0 Å². The molecule has 1 nitrogen and oxygen atoms in total. The molecule has 0 aliphatic heterocycles. The first-order valence-corrected chi connectivity index (χ1v) is 5.08. The summed E-state index contributed by atoms with van der Waals surface area (Å²) in [6.07, 6.45) is 0.888. The Kier molecular flexibility index (Phi) is 2.12. The molecule has 1 fully saturated rings. The van der Waals surface area contributed by atoms with Crippen LogP contribution >= 0.6 is 0 Å². The van der Waals surface area contributed by atoms with Crippen LogP contribution in [0.15, 0.2) is 18.2 Å². The van der Waals surface area contributed by atoms with E-state index in [0.29, 0.717) is 12.1 Å². The average Bonchev–Trinajstić information content (AvgIpc) is 2.68. The van der Waals surface area contributed by atoms with Crippen LogP contribution < -0.4 is 5.73 Å². The van der Waals surface area contributed by atoms with Crippen LogP contribution in [0.4, 0.5) is 8.78 Å². The van der Waals surface area contributed by atoms with Gasteiger partial charge in [-0.25, -0.2) is 8.78 Å². The lowest BCUT2D eigenvalue weighted by atomic mass is 9.88. The second-order valence-corrected chi connectivity index (χ2v) is 5.01. The lowest BCUT2D eigenvalue weighted by molar-refractivity contribution is 0.493. The van der Waals surface area contributed by atoms with Crippen molar-refractivity contribution in [2.75, 3.05) is 6.54 Å². The fourth-order valence-corrected chi connectivity index (χ4v) is 2.50. The quantitative estimate of drug-likeness (QED) is 0.799. The maximum Gasteiger partial charge on any atom is 0.126 e. The minimum atomic E-state index is -0.527. The van der Waals surface area contributed by atoms with Crippen molar-refractivity contribution in [2.45, 2.75) is 25.7 Å². The van der Waals surface area contributed by atoms with Gasteiger partial charge in [-0.3, -0.25) is 0 Å². The number of halogens is 2. The molecule has 2 rings (SSSR count). The summed E-state index contributed by atoms with van der Waals surface area (Å²) in [7, 11) is 0. The predicted molar refractivity (Wildman–Crippen MR) is 55.5 cm³/mol. The van der Waals surface area contributed by atoms with Crippen LogP contribution in [0.3, 0.4) is 0 Å². The summed E-state index contributed by atoms with van der Waals surface area (Å²) in [4.78, 5) is 0. The van der Waals surface area contributed by atoms with Crippen LogP contribution in [0.5, 0.6) is 0 Å². The van der Waals surface area contributed by atoms with Gasteiger partial charge >= 0.3 is 0 Å². The summed E-state index contributed by atoms with van der Waals surface area (Å²) in [6, 6.07) is 3.68. The number of hydrogen-bond acceptors (Lipinski definition) is 1. The third-order valence-electron chi connectivity index (χ3n) is 3.68. The molecular weight excluding hydrogens is 196 g/mol. The van der Waals surface area contributed by atoms with E-state index in [-0.39, 0.29) is 10.8 Å². The zero-order chi connectivity index (χ0) is 11.3. The molecule has 3 heteroatoms. The van der Waals surface area contributed by atoms with Gasteiger partial charge in [0.15, 0.2) is 0 Å². The second-order valence-electron chi connectivity index (χ2n) is 5.01. The van der Waals surface area contributed by atoms with E-state index >= 15 is 0 Å². The summed E-state index contributed by atoms with van der Waals surface area (Å²) >= 11 is 0. The van der Waals surface area contributed by atoms with E-state index in [1.54, 1.807) is 0 Å². The van der Waals surface area contributed by atoms with Crippen molar-refractivity contribution in [1.29, 1.82) is 0 Å². The van der Waals surface area contributed by atoms with E-state index in [2.05, 4.69) is 13.8 Å². The van der Waals surface area contributed by atoms with Crippen molar-refractivity contribution in [2.24, 2.45) is 11.1 Å². The van der Waals surface area contributed by atoms with Crippen molar-refractivity contribution in [3.63, 3.8) is 0 Å². The first kappa shape index (κ1) is 10.6. The molecule has 0 amide bonds. The van der Waals surface area contributed by atoms with Gasteiger partial charge < -0.3 is 5.73 Å². The highest BCUT2D eigenvalue weighted by atomic mass is 19.1. The van der Waals surface area contributed by atoms with Gasteiger partial charge in [0, 0.05) is 18.0 Å². The van der Waals surface area contributed by atoms with Crippen LogP contribution in [0, 0.1) is 17.0 Å². The summed E-state index contributed by atoms with van der Waals surface area (Å²) in [5.41, 5.74) is 6.22. The molecule has 0 heterocycles. The minimum Gasteiger partial charge on any atom is -0.330 e. The van der Waals surface area contributed by atoms with Gasteiger partial charge in [-0.15, -0.1) is 0 Å². The number of rotatable bonds is 2. The largest absolute Gasteiger partial charge is 0.330 e. The lowest BCUT2D eigenvalue weighted by Gasteiger charge is -2.19. The molecule has 1 unspecified atom stereocenters. The molecule has 1 aliphatic rings. The Morgan fingerprint density at radius 3 is 2.00 bits per heavy atom. The molecule has 0 spiro atoms. The molecule has 0 aromatic heterocycles. The molecule has 1 aromatic carbocycles. The highest BCUT2D eigenvalue weighted by Gasteiger charge is 2.61. The van der Waals surface area contributed by atoms with Gasteiger partial charge in [0.25, 0.3) is 0 Å². The zero-order valence-corrected chi connectivity index (χ0v) is 8.98. The Balaban J connectivity index is 2.46. The Labute approximate surface area is 88.3 Å². The molecule has 0 radical (unpaired) electrons. The lowest BCUT2D eigenvalue weighted by Crippen LogP contribution is -2.25. The van der Waals surface area contributed by atoms with Crippen LogP contribution in [0.2, 0.25) is 0 Å². The number of benzene rings is 1. The number of hydrogen-bond donors (Lipinski definition) is 1. The van der Waals surface area contributed by atoms with Crippen LogP contribution in [0.1, 0.15) is 25.8 Å². The van der Waals surface area contributed by atoms with E-state index in [1.807, 2.05) is 0 Å². The normalized spacial score (nSPS) is 27.8. The van der Waals surface area contributed by atoms with Crippen LogP contribution in [-0.2, 0) is 5.41 Å². The van der Waals surface area contributed by atoms with Crippen molar-refractivity contribution in [3.8, 4) is 0 Å². The molecule has 15 heavy (non-hydrogen) atoms. The molecule has 1 aliphatic carbocycles. The van der Waals surface area contributed by atoms with Crippen LogP contribution in [-0.4, -0.2) is 6.54 Å². The smallest absolute Gasteiger partial charge is 0.126 e. The maximum atomic E-state index is 13.1. The SMILES string of the molecule is CC1(C)CC1(CN)c1cc(F)cc(F)c1. The highest BCUT2D eigenvalue weighted by molar-refractivity contribution is 5.38. The van der Waals surface area contributed by atoms with E-state index in [0.717, 1.165) is 12.5 Å². The van der Waals surface area contributed by atoms with E-state index < -0.39 is 11.6 Å². The van der Waals surface area contributed by atoms with Crippen LogP contribution in [0.25, 0.3) is 0 Å². The Morgan fingerprint density at radius 1 is 1.20 bits per heavy atom. The summed E-state index contributed by atoms with van der Waals surface area (Å²) in [5, 5.41) is 0. The standard InChI is InChI=1S/C12H15F2N/c1-11(2)6-12(11,7-15)8-3-9(13)5-10(14)4-8/h3-5H,6-7,15H2,1-2H3. The fraction of sp³-hybridized carbons (Fsp3) is 0.500. The molecule has 1 saturated carbocycles. The molecule has 1 aromatic rings. The van der Waals surface area contributed by atoms with E-state index in [9.17, 15) is 8.78 Å². The summed E-state index contributed by atoms with van der Waals surface area (Å²) < 4.78 is 26.2. The third kappa shape index (κ3) is 1.46. The van der Waals surface area contributed by atoms with Gasteiger partial charge in [-0.05, 0) is 29.5 Å². The molecule has 2 N–H and O–H groups in total. The van der Waals surface area contributed by atoms with Gasteiger partial charge in [0.2, 0.25) is 0 Å². The van der Waals surface area contributed by atoms with Crippen molar-refractivity contribution in [1.82, 2.24) is 0 Å². The second kappa shape index (κ2) is 3.01. The third-order valence-corrected chi connectivity index (χ3v) is 3.68. The average molecular weight is 211 g/mol. The molecule has 0 bridgehead atoms. The first-order chi connectivity index (χ1) is 6.91. The monoisotopic (exact) mass is 211 g/mol. The predicted octanol–water partition coefficient (Wildman–Crippen LogP) is 2.59. The topological polar surface area (TPSA) is 26.0 Å². The molecule has 1 atom stereocenters. The Hall–Kier alpha value is -0.960. The highest BCUT2D eigenvalue weighted by Crippen LogP contribution is 2.63. The van der Waals surface area contributed by atoms with Gasteiger partial charge in [0.1, 0.15) is 11.6 Å². The Bertz CT molecular complexity index is 380. The van der Waals surface area contributed by atoms with Crippen molar-refractivity contribution >= 4 is 0 Å². The molecule has 0 saturated heterocycles.